The van der Waals surface area contributed by atoms with Gasteiger partial charge in [0.2, 0.25) is 5.91 Å². The SMILES string of the molecule is CCC(c1nnc(SCC(=O)Nc2ccc(Cl)cc2[N+](=O)[O-])n1Cc1ccccc1)N(C)C. The molecular formula is C22H25ClN6O3S. The molecule has 1 heterocycles. The molecule has 0 fully saturated rings. The maximum atomic E-state index is 12.6. The lowest BCUT2D eigenvalue weighted by molar-refractivity contribution is -0.383. The highest BCUT2D eigenvalue weighted by Gasteiger charge is 2.23. The highest BCUT2D eigenvalue weighted by molar-refractivity contribution is 7.99. The number of nitrogens with zero attached hydrogens (tertiary/aromatic N) is 5. The van der Waals surface area contributed by atoms with Crippen molar-refractivity contribution < 1.29 is 9.72 Å². The molecule has 2 aromatic carbocycles. The van der Waals surface area contributed by atoms with Crippen molar-refractivity contribution in [1.29, 1.82) is 0 Å². The van der Waals surface area contributed by atoms with E-state index in [0.717, 1.165) is 17.8 Å². The predicted octanol–water partition coefficient (Wildman–Crippen LogP) is 4.63. The maximum absolute atomic E-state index is 12.6. The van der Waals surface area contributed by atoms with Gasteiger partial charge < -0.3 is 9.88 Å². The number of benzene rings is 2. The van der Waals surface area contributed by atoms with Crippen LogP contribution in [0.3, 0.4) is 0 Å². The third-order valence-electron chi connectivity index (χ3n) is 5.00. The van der Waals surface area contributed by atoms with Crippen molar-refractivity contribution >= 4 is 40.6 Å². The molecule has 0 aliphatic heterocycles. The molecule has 1 atom stereocenters. The number of nitro groups is 1. The van der Waals surface area contributed by atoms with Crippen LogP contribution in [0.5, 0.6) is 0 Å². The molecule has 1 aromatic heterocycles. The quantitative estimate of drug-likeness (QED) is 0.252. The van der Waals surface area contributed by atoms with Gasteiger partial charge in [0.25, 0.3) is 5.69 Å². The van der Waals surface area contributed by atoms with E-state index in [1.165, 1.54) is 30.0 Å². The van der Waals surface area contributed by atoms with Crippen LogP contribution in [-0.2, 0) is 11.3 Å². The Kier molecular flexibility index (Phi) is 8.43. The fourth-order valence-corrected chi connectivity index (χ4v) is 4.34. The number of thioether (sulfide) groups is 1. The first-order valence-electron chi connectivity index (χ1n) is 10.3. The first-order valence-corrected chi connectivity index (χ1v) is 11.7. The van der Waals surface area contributed by atoms with E-state index in [4.69, 9.17) is 11.6 Å². The molecule has 33 heavy (non-hydrogen) atoms. The number of halogens is 1. The van der Waals surface area contributed by atoms with E-state index in [9.17, 15) is 14.9 Å². The zero-order valence-electron chi connectivity index (χ0n) is 18.6. The van der Waals surface area contributed by atoms with Crippen LogP contribution in [0, 0.1) is 10.1 Å². The molecule has 1 amide bonds. The Morgan fingerprint density at radius 1 is 1.24 bits per heavy atom. The van der Waals surface area contributed by atoms with Gasteiger partial charge in [-0.1, -0.05) is 60.6 Å². The van der Waals surface area contributed by atoms with Gasteiger partial charge in [-0.3, -0.25) is 19.8 Å². The Morgan fingerprint density at radius 2 is 1.97 bits per heavy atom. The number of carbonyl (C=O) groups excluding carboxylic acids is 1. The molecule has 1 unspecified atom stereocenters. The molecule has 0 saturated heterocycles. The summed E-state index contributed by atoms with van der Waals surface area (Å²) in [5.41, 5.74) is 0.933. The highest BCUT2D eigenvalue weighted by atomic mass is 35.5. The van der Waals surface area contributed by atoms with E-state index in [0.29, 0.717) is 11.7 Å². The molecular weight excluding hydrogens is 464 g/mol. The molecule has 0 radical (unpaired) electrons. The molecule has 1 N–H and O–H groups in total. The first kappa shape index (κ1) is 24.7. The minimum absolute atomic E-state index is 0.0193. The number of nitro benzene ring substituents is 1. The third kappa shape index (κ3) is 6.31. The summed E-state index contributed by atoms with van der Waals surface area (Å²) in [5.74, 6) is 0.453. The van der Waals surface area contributed by atoms with Crippen LogP contribution in [0.1, 0.15) is 30.8 Å². The Labute approximate surface area is 201 Å². The normalized spacial score (nSPS) is 12.0. The number of hydrogen-bond acceptors (Lipinski definition) is 7. The van der Waals surface area contributed by atoms with Crippen molar-refractivity contribution in [3.05, 3.63) is 75.1 Å². The van der Waals surface area contributed by atoms with Gasteiger partial charge in [0.05, 0.1) is 23.3 Å². The lowest BCUT2D eigenvalue weighted by atomic mass is 10.2. The van der Waals surface area contributed by atoms with Crippen LogP contribution in [-0.4, -0.2) is 50.3 Å². The molecule has 9 nitrogen and oxygen atoms in total. The second kappa shape index (κ2) is 11.3. The lowest BCUT2D eigenvalue weighted by Crippen LogP contribution is -2.23. The lowest BCUT2D eigenvalue weighted by Gasteiger charge is -2.23. The van der Waals surface area contributed by atoms with Crippen LogP contribution < -0.4 is 5.32 Å². The van der Waals surface area contributed by atoms with Crippen LogP contribution in [0.2, 0.25) is 5.02 Å². The van der Waals surface area contributed by atoms with Gasteiger partial charge in [-0.2, -0.15) is 0 Å². The largest absolute Gasteiger partial charge is 0.320 e. The number of aromatic nitrogens is 3. The average molecular weight is 489 g/mol. The van der Waals surface area contributed by atoms with Crippen molar-refractivity contribution in [3.63, 3.8) is 0 Å². The Bertz CT molecular complexity index is 1120. The van der Waals surface area contributed by atoms with Crippen molar-refractivity contribution in [2.24, 2.45) is 0 Å². The number of anilines is 1. The van der Waals surface area contributed by atoms with E-state index in [-0.39, 0.29) is 34.1 Å². The molecule has 0 aliphatic rings. The van der Waals surface area contributed by atoms with Crippen molar-refractivity contribution in [2.75, 3.05) is 25.2 Å². The van der Waals surface area contributed by atoms with E-state index >= 15 is 0 Å². The van der Waals surface area contributed by atoms with Crippen LogP contribution >= 0.6 is 23.4 Å². The molecule has 0 bridgehead atoms. The van der Waals surface area contributed by atoms with Gasteiger partial charge in [-0.25, -0.2) is 0 Å². The van der Waals surface area contributed by atoms with Crippen molar-refractivity contribution in [1.82, 2.24) is 19.7 Å². The van der Waals surface area contributed by atoms with E-state index in [1.807, 2.05) is 49.0 Å². The van der Waals surface area contributed by atoms with Gasteiger partial charge in [0, 0.05) is 11.1 Å². The fourth-order valence-electron chi connectivity index (χ4n) is 3.42. The minimum atomic E-state index is -0.580. The average Bonchev–Trinajstić information content (AvgIpc) is 3.16. The second-order valence-corrected chi connectivity index (χ2v) is 8.93. The molecule has 3 aromatic rings. The molecule has 0 saturated carbocycles. The number of carbonyl (C=O) groups is 1. The molecule has 174 valence electrons. The summed E-state index contributed by atoms with van der Waals surface area (Å²) < 4.78 is 2.02. The molecule has 0 spiro atoms. The zero-order chi connectivity index (χ0) is 24.0. The van der Waals surface area contributed by atoms with Gasteiger partial charge in [-0.05, 0) is 38.2 Å². The van der Waals surface area contributed by atoms with E-state index in [2.05, 4.69) is 27.3 Å². The standard InChI is InChI=1S/C22H25ClN6O3S/c1-4-18(27(2)3)21-25-26-22(28(21)13-15-8-6-5-7-9-15)33-14-20(30)24-17-11-10-16(23)12-19(17)29(31)32/h5-12,18H,4,13-14H2,1-3H3,(H,24,30). The topological polar surface area (TPSA) is 106 Å². The van der Waals surface area contributed by atoms with E-state index < -0.39 is 4.92 Å². The smallest absolute Gasteiger partial charge is 0.294 e. The van der Waals surface area contributed by atoms with Gasteiger partial charge in [0.1, 0.15) is 5.69 Å². The summed E-state index contributed by atoms with van der Waals surface area (Å²) in [6, 6.07) is 14.2. The van der Waals surface area contributed by atoms with Crippen molar-refractivity contribution in [2.45, 2.75) is 31.1 Å². The highest BCUT2D eigenvalue weighted by Crippen LogP contribution is 2.29. The Hall–Kier alpha value is -2.95. The molecule has 11 heteroatoms. The minimum Gasteiger partial charge on any atom is -0.320 e. The number of nitrogens with one attached hydrogen (secondary N) is 1. The third-order valence-corrected chi connectivity index (χ3v) is 6.20. The summed E-state index contributed by atoms with van der Waals surface area (Å²) in [6.45, 7) is 2.66. The summed E-state index contributed by atoms with van der Waals surface area (Å²) in [6.07, 6.45) is 0.852. The zero-order valence-corrected chi connectivity index (χ0v) is 20.1. The summed E-state index contributed by atoms with van der Waals surface area (Å²) in [4.78, 5) is 25.3. The van der Waals surface area contributed by atoms with Gasteiger partial charge in [-0.15, -0.1) is 10.2 Å². The van der Waals surface area contributed by atoms with Crippen LogP contribution in [0.25, 0.3) is 0 Å². The summed E-state index contributed by atoms with van der Waals surface area (Å²) >= 11 is 7.08. The number of amides is 1. The van der Waals surface area contributed by atoms with Crippen LogP contribution in [0.4, 0.5) is 11.4 Å². The molecule has 3 rings (SSSR count). The maximum Gasteiger partial charge on any atom is 0.294 e. The summed E-state index contributed by atoms with van der Waals surface area (Å²) in [5, 5.41) is 23.5. The summed E-state index contributed by atoms with van der Waals surface area (Å²) in [7, 11) is 3.99. The molecule has 0 aliphatic carbocycles. The second-order valence-electron chi connectivity index (χ2n) is 7.56. The number of rotatable bonds is 10. The van der Waals surface area contributed by atoms with Crippen LogP contribution in [0.15, 0.2) is 53.7 Å². The Morgan fingerprint density at radius 3 is 2.61 bits per heavy atom. The van der Waals surface area contributed by atoms with Crippen molar-refractivity contribution in [3.8, 4) is 0 Å². The van der Waals surface area contributed by atoms with Gasteiger partial charge in [0.15, 0.2) is 11.0 Å². The first-order chi connectivity index (χ1) is 15.8. The Balaban J connectivity index is 1.80. The monoisotopic (exact) mass is 488 g/mol. The predicted molar refractivity (Wildman–Crippen MR) is 130 cm³/mol. The van der Waals surface area contributed by atoms with Gasteiger partial charge >= 0.3 is 0 Å². The van der Waals surface area contributed by atoms with E-state index in [1.54, 1.807) is 0 Å². The fraction of sp³-hybridized carbons (Fsp3) is 0.318. The number of hydrogen-bond donors (Lipinski definition) is 1.